The van der Waals surface area contributed by atoms with Crippen LogP contribution in [0.2, 0.25) is 0 Å². The lowest BCUT2D eigenvalue weighted by Gasteiger charge is -2.14. The molecule has 0 saturated heterocycles. The minimum atomic E-state index is -3.57. The fourth-order valence-corrected chi connectivity index (χ4v) is 3.99. The summed E-state index contributed by atoms with van der Waals surface area (Å²) >= 11 is 3.40. The third kappa shape index (κ3) is 3.66. The molecule has 0 atom stereocenters. The van der Waals surface area contributed by atoms with E-state index in [1.54, 1.807) is 12.1 Å². The second-order valence-corrected chi connectivity index (χ2v) is 7.60. The number of sulfonamides is 1. The Labute approximate surface area is 134 Å². The molecule has 0 aliphatic heterocycles. The van der Waals surface area contributed by atoms with E-state index >= 15 is 0 Å². The Morgan fingerprint density at radius 1 is 1.10 bits per heavy atom. The number of halogens is 1. The number of nitrogens with one attached hydrogen (secondary N) is 1. The van der Waals surface area contributed by atoms with E-state index in [4.69, 9.17) is 0 Å². The van der Waals surface area contributed by atoms with Gasteiger partial charge in [0, 0.05) is 4.47 Å². The zero-order valence-corrected chi connectivity index (χ0v) is 14.7. The van der Waals surface area contributed by atoms with Crippen molar-refractivity contribution in [2.24, 2.45) is 0 Å². The smallest absolute Gasteiger partial charge is 0.262 e. The zero-order chi connectivity index (χ0) is 15.6. The summed E-state index contributed by atoms with van der Waals surface area (Å²) in [7, 11) is -3.57. The van der Waals surface area contributed by atoms with Crippen LogP contribution in [0.15, 0.2) is 45.8 Å². The number of hydrogen-bond acceptors (Lipinski definition) is 2. The molecule has 21 heavy (non-hydrogen) atoms. The highest BCUT2D eigenvalue weighted by Crippen LogP contribution is 2.25. The van der Waals surface area contributed by atoms with Gasteiger partial charge in [-0.15, -0.1) is 0 Å². The first-order chi connectivity index (χ1) is 9.83. The minimum absolute atomic E-state index is 0.318. The third-order valence-corrected chi connectivity index (χ3v) is 5.33. The first-order valence-corrected chi connectivity index (χ1v) is 8.99. The molecule has 0 unspecified atom stereocenters. The van der Waals surface area contributed by atoms with Gasteiger partial charge in [-0.2, -0.15) is 0 Å². The summed E-state index contributed by atoms with van der Waals surface area (Å²) in [5, 5.41) is 0. The van der Waals surface area contributed by atoms with Crippen LogP contribution in [0, 0.1) is 13.8 Å². The van der Waals surface area contributed by atoms with Crippen LogP contribution in [-0.4, -0.2) is 8.42 Å². The number of benzene rings is 2. The maximum Gasteiger partial charge on any atom is 0.262 e. The van der Waals surface area contributed by atoms with Gasteiger partial charge in [-0.1, -0.05) is 40.5 Å². The van der Waals surface area contributed by atoms with E-state index < -0.39 is 10.0 Å². The molecular formula is C16H18BrNO2S. The Kier molecular flexibility index (Phi) is 4.74. The maximum absolute atomic E-state index is 12.6. The van der Waals surface area contributed by atoms with Crippen molar-refractivity contribution in [3.05, 3.63) is 57.6 Å². The summed E-state index contributed by atoms with van der Waals surface area (Å²) < 4.78 is 28.8. The zero-order valence-electron chi connectivity index (χ0n) is 12.3. The van der Waals surface area contributed by atoms with Crippen molar-refractivity contribution in [1.82, 2.24) is 0 Å². The Hall–Kier alpha value is -1.33. The van der Waals surface area contributed by atoms with Gasteiger partial charge in [0.2, 0.25) is 0 Å². The largest absolute Gasteiger partial charge is 0.279 e. The van der Waals surface area contributed by atoms with Crippen LogP contribution in [0.1, 0.15) is 23.6 Å². The van der Waals surface area contributed by atoms with Crippen molar-refractivity contribution in [3.8, 4) is 0 Å². The van der Waals surface area contributed by atoms with Crippen molar-refractivity contribution < 1.29 is 8.42 Å². The maximum atomic E-state index is 12.6. The molecule has 0 bridgehead atoms. The predicted octanol–water partition coefficient (Wildman–Crippen LogP) is 4.43. The van der Waals surface area contributed by atoms with Crippen LogP contribution in [0.25, 0.3) is 0 Å². The van der Waals surface area contributed by atoms with Gasteiger partial charge in [0.05, 0.1) is 10.6 Å². The molecule has 112 valence electrons. The minimum Gasteiger partial charge on any atom is -0.279 e. The number of hydrogen-bond donors (Lipinski definition) is 1. The first kappa shape index (κ1) is 16.0. The van der Waals surface area contributed by atoms with Crippen molar-refractivity contribution in [3.63, 3.8) is 0 Å². The fraction of sp³-hybridized carbons (Fsp3) is 0.250. The molecular weight excluding hydrogens is 350 g/mol. The number of rotatable bonds is 4. The summed E-state index contributed by atoms with van der Waals surface area (Å²) in [4.78, 5) is 0.318. The average Bonchev–Trinajstić information content (AvgIpc) is 2.40. The highest BCUT2D eigenvalue weighted by molar-refractivity contribution is 9.10. The van der Waals surface area contributed by atoms with Gasteiger partial charge in [0.1, 0.15) is 0 Å². The molecule has 2 aromatic carbocycles. The molecule has 5 heteroatoms. The van der Waals surface area contributed by atoms with Gasteiger partial charge in [-0.25, -0.2) is 8.42 Å². The molecule has 2 rings (SSSR count). The van der Waals surface area contributed by atoms with E-state index in [2.05, 4.69) is 20.7 Å². The highest BCUT2D eigenvalue weighted by atomic mass is 79.9. The van der Waals surface area contributed by atoms with Crippen molar-refractivity contribution >= 4 is 31.6 Å². The second-order valence-electron chi connectivity index (χ2n) is 5.03. The standard InChI is InChI=1S/C16H18BrNO2S/c1-4-13-10-14(17)6-7-15(13)18-21(19,20)16-8-5-11(2)9-12(16)3/h5-10,18H,4H2,1-3H3. The first-order valence-electron chi connectivity index (χ1n) is 6.72. The molecule has 0 aliphatic carbocycles. The lowest BCUT2D eigenvalue weighted by Crippen LogP contribution is -2.15. The Morgan fingerprint density at radius 3 is 2.43 bits per heavy atom. The quantitative estimate of drug-likeness (QED) is 0.868. The summed E-state index contributed by atoms with van der Waals surface area (Å²) in [5.41, 5.74) is 3.38. The molecule has 1 N–H and O–H groups in total. The predicted molar refractivity (Wildman–Crippen MR) is 90.2 cm³/mol. The Morgan fingerprint density at radius 2 is 1.81 bits per heavy atom. The second kappa shape index (κ2) is 6.20. The molecule has 2 aromatic rings. The van der Waals surface area contributed by atoms with Crippen molar-refractivity contribution in [2.45, 2.75) is 32.1 Å². The average molecular weight is 368 g/mol. The van der Waals surface area contributed by atoms with E-state index in [0.717, 1.165) is 27.6 Å². The number of anilines is 1. The van der Waals surface area contributed by atoms with E-state index in [1.807, 2.05) is 45.0 Å². The topological polar surface area (TPSA) is 46.2 Å². The summed E-state index contributed by atoms with van der Waals surface area (Å²) in [6.45, 7) is 5.75. The fourth-order valence-electron chi connectivity index (χ4n) is 2.25. The van der Waals surface area contributed by atoms with Gasteiger partial charge >= 0.3 is 0 Å². The van der Waals surface area contributed by atoms with Gasteiger partial charge in [-0.3, -0.25) is 4.72 Å². The van der Waals surface area contributed by atoms with E-state index in [0.29, 0.717) is 10.6 Å². The van der Waals surface area contributed by atoms with Gasteiger partial charge in [0.15, 0.2) is 0 Å². The lowest BCUT2D eigenvalue weighted by atomic mass is 10.1. The van der Waals surface area contributed by atoms with Gasteiger partial charge in [-0.05, 0) is 55.7 Å². The molecule has 0 spiro atoms. The van der Waals surface area contributed by atoms with Crippen LogP contribution in [0.5, 0.6) is 0 Å². The SMILES string of the molecule is CCc1cc(Br)ccc1NS(=O)(=O)c1ccc(C)cc1C. The normalized spacial score (nSPS) is 11.4. The van der Waals surface area contributed by atoms with Crippen molar-refractivity contribution in [2.75, 3.05) is 4.72 Å². The Balaban J connectivity index is 2.42. The van der Waals surface area contributed by atoms with Crippen LogP contribution in [-0.2, 0) is 16.4 Å². The lowest BCUT2D eigenvalue weighted by molar-refractivity contribution is 0.600. The summed E-state index contributed by atoms with van der Waals surface area (Å²) in [6, 6.07) is 10.9. The van der Waals surface area contributed by atoms with Gasteiger partial charge < -0.3 is 0 Å². The molecule has 0 aliphatic rings. The molecule has 0 heterocycles. The third-order valence-electron chi connectivity index (χ3n) is 3.31. The summed E-state index contributed by atoms with van der Waals surface area (Å²) in [6.07, 6.45) is 0.754. The van der Waals surface area contributed by atoms with Gasteiger partial charge in [0.25, 0.3) is 10.0 Å². The van der Waals surface area contributed by atoms with E-state index in [9.17, 15) is 8.42 Å². The van der Waals surface area contributed by atoms with Crippen LogP contribution in [0.3, 0.4) is 0 Å². The highest BCUT2D eigenvalue weighted by Gasteiger charge is 2.18. The molecule has 0 fully saturated rings. The van der Waals surface area contributed by atoms with Crippen LogP contribution >= 0.6 is 15.9 Å². The van der Waals surface area contributed by atoms with Crippen LogP contribution < -0.4 is 4.72 Å². The molecule has 3 nitrogen and oxygen atoms in total. The monoisotopic (exact) mass is 367 g/mol. The summed E-state index contributed by atoms with van der Waals surface area (Å²) in [5.74, 6) is 0. The van der Waals surface area contributed by atoms with Crippen molar-refractivity contribution in [1.29, 1.82) is 0 Å². The van der Waals surface area contributed by atoms with E-state index in [1.165, 1.54) is 0 Å². The molecule has 0 aromatic heterocycles. The van der Waals surface area contributed by atoms with E-state index in [-0.39, 0.29) is 0 Å². The molecule has 0 amide bonds. The molecule has 0 saturated carbocycles. The molecule has 0 radical (unpaired) electrons. The van der Waals surface area contributed by atoms with Crippen LogP contribution in [0.4, 0.5) is 5.69 Å². The number of aryl methyl sites for hydroxylation is 3. The Bertz CT molecular complexity index is 770.